The molecular weight excluding hydrogens is 264 g/mol. The molecule has 112 valence electrons. The Bertz CT molecular complexity index is 386. The molecule has 1 aromatic heterocycles. The molecule has 0 unspecified atom stereocenters. The first-order chi connectivity index (χ1) is 9.74. The summed E-state index contributed by atoms with van der Waals surface area (Å²) in [5.74, 6) is 0.246. The normalized spacial score (nSPS) is 10.4. The van der Waals surface area contributed by atoms with Gasteiger partial charge in [-0.1, -0.05) is 0 Å². The lowest BCUT2D eigenvalue weighted by molar-refractivity contribution is 0.0176. The van der Waals surface area contributed by atoms with Gasteiger partial charge in [0, 0.05) is 7.11 Å². The Morgan fingerprint density at radius 2 is 1.70 bits per heavy atom. The first kappa shape index (κ1) is 16.3. The summed E-state index contributed by atoms with van der Waals surface area (Å²) in [6.45, 7) is 2.97. The van der Waals surface area contributed by atoms with E-state index in [0.29, 0.717) is 51.2 Å². The van der Waals surface area contributed by atoms with Crippen molar-refractivity contribution in [1.82, 2.24) is 9.97 Å². The molecule has 0 saturated heterocycles. The van der Waals surface area contributed by atoms with Gasteiger partial charge in [-0.25, -0.2) is 9.97 Å². The van der Waals surface area contributed by atoms with E-state index in [0.717, 1.165) is 0 Å². The molecule has 1 heterocycles. The Kier molecular flexibility index (Phi) is 8.20. The Hall–Kier alpha value is -1.77. The predicted molar refractivity (Wildman–Crippen MR) is 72.1 cm³/mol. The summed E-state index contributed by atoms with van der Waals surface area (Å²) in [5, 5.41) is 7.18. The standard InChI is InChI=1S/C12H20N4O4/c1-17-2-3-18-4-5-19-6-7-20-11-9-15-10(8-16-11)12(13)14/h8-9H,2-7H2,1H3,(H3,13,14). The molecule has 20 heavy (non-hydrogen) atoms. The SMILES string of the molecule is COCCOCCOCCOc1cnc(C(=N)N)cn1. The molecular formula is C12H20N4O4. The highest BCUT2D eigenvalue weighted by Crippen LogP contribution is 2.03. The van der Waals surface area contributed by atoms with Crippen LogP contribution in [0.5, 0.6) is 5.88 Å². The van der Waals surface area contributed by atoms with Gasteiger partial charge in [0.1, 0.15) is 18.1 Å². The summed E-state index contributed by atoms with van der Waals surface area (Å²) in [6, 6.07) is 0. The summed E-state index contributed by atoms with van der Waals surface area (Å²) >= 11 is 0. The largest absolute Gasteiger partial charge is 0.474 e. The number of nitrogens with one attached hydrogen (secondary N) is 1. The molecule has 0 spiro atoms. The maximum absolute atomic E-state index is 7.18. The van der Waals surface area contributed by atoms with Crippen LogP contribution in [-0.4, -0.2) is 62.6 Å². The predicted octanol–water partition coefficient (Wildman–Crippen LogP) is -0.181. The zero-order valence-corrected chi connectivity index (χ0v) is 11.5. The quantitative estimate of drug-likeness (QED) is 0.329. The summed E-state index contributed by atoms with van der Waals surface area (Å²) in [7, 11) is 1.63. The third-order valence-electron chi connectivity index (χ3n) is 2.19. The Morgan fingerprint density at radius 1 is 1.05 bits per heavy atom. The van der Waals surface area contributed by atoms with Crippen molar-refractivity contribution < 1.29 is 18.9 Å². The molecule has 0 aliphatic carbocycles. The summed E-state index contributed by atoms with van der Waals surface area (Å²) in [5.41, 5.74) is 5.58. The third kappa shape index (κ3) is 6.98. The minimum absolute atomic E-state index is 0.124. The summed E-state index contributed by atoms with van der Waals surface area (Å²) in [4.78, 5) is 7.89. The number of nitrogen functional groups attached to an aromatic ring is 1. The molecule has 0 aliphatic heterocycles. The van der Waals surface area contributed by atoms with E-state index >= 15 is 0 Å². The number of ether oxygens (including phenoxy) is 4. The lowest BCUT2D eigenvalue weighted by Crippen LogP contribution is -2.14. The van der Waals surface area contributed by atoms with Crippen LogP contribution in [0.3, 0.4) is 0 Å². The molecule has 3 N–H and O–H groups in total. The highest BCUT2D eigenvalue weighted by molar-refractivity contribution is 5.92. The van der Waals surface area contributed by atoms with Crippen molar-refractivity contribution >= 4 is 5.84 Å². The van der Waals surface area contributed by atoms with Gasteiger partial charge in [0.25, 0.3) is 0 Å². The fourth-order valence-corrected chi connectivity index (χ4v) is 1.20. The molecule has 0 bridgehead atoms. The lowest BCUT2D eigenvalue weighted by Gasteiger charge is -2.07. The number of nitrogens with two attached hydrogens (primary N) is 1. The Morgan fingerprint density at radius 3 is 2.25 bits per heavy atom. The molecule has 8 heteroatoms. The van der Waals surface area contributed by atoms with Gasteiger partial charge in [-0.2, -0.15) is 0 Å². The number of nitrogens with zero attached hydrogens (tertiary/aromatic N) is 2. The van der Waals surface area contributed by atoms with Crippen molar-refractivity contribution in [3.05, 3.63) is 18.1 Å². The number of hydrogen-bond donors (Lipinski definition) is 2. The van der Waals surface area contributed by atoms with E-state index < -0.39 is 0 Å². The topological polar surface area (TPSA) is 113 Å². The summed E-state index contributed by atoms with van der Waals surface area (Å²) < 4.78 is 20.7. The van der Waals surface area contributed by atoms with Crippen LogP contribution in [0.25, 0.3) is 0 Å². The van der Waals surface area contributed by atoms with Crippen molar-refractivity contribution in [3.8, 4) is 5.88 Å². The van der Waals surface area contributed by atoms with Crippen LogP contribution >= 0.6 is 0 Å². The minimum atomic E-state index is -0.124. The van der Waals surface area contributed by atoms with E-state index in [4.69, 9.17) is 30.1 Å². The van der Waals surface area contributed by atoms with Crippen LogP contribution in [0, 0.1) is 5.41 Å². The van der Waals surface area contributed by atoms with Crippen LogP contribution in [0.4, 0.5) is 0 Å². The molecule has 1 aromatic rings. The van der Waals surface area contributed by atoms with E-state index in [1.807, 2.05) is 0 Å². The van der Waals surface area contributed by atoms with Crippen LogP contribution in [0.15, 0.2) is 12.4 Å². The molecule has 0 atom stereocenters. The van der Waals surface area contributed by atoms with Crippen LogP contribution < -0.4 is 10.5 Å². The highest BCUT2D eigenvalue weighted by Gasteiger charge is 2.00. The van der Waals surface area contributed by atoms with Gasteiger partial charge in [0.05, 0.1) is 45.4 Å². The van der Waals surface area contributed by atoms with Crippen molar-refractivity contribution in [2.75, 3.05) is 46.8 Å². The van der Waals surface area contributed by atoms with Gasteiger partial charge in [0.15, 0.2) is 0 Å². The van der Waals surface area contributed by atoms with E-state index in [-0.39, 0.29) is 5.84 Å². The van der Waals surface area contributed by atoms with Crippen LogP contribution in [0.1, 0.15) is 5.69 Å². The monoisotopic (exact) mass is 284 g/mol. The van der Waals surface area contributed by atoms with Gasteiger partial charge in [0.2, 0.25) is 5.88 Å². The van der Waals surface area contributed by atoms with Gasteiger partial charge < -0.3 is 24.7 Å². The second kappa shape index (κ2) is 10.1. The fourth-order valence-electron chi connectivity index (χ4n) is 1.20. The molecule has 8 nitrogen and oxygen atoms in total. The van der Waals surface area contributed by atoms with Crippen molar-refractivity contribution in [2.45, 2.75) is 0 Å². The lowest BCUT2D eigenvalue weighted by atomic mass is 10.4. The minimum Gasteiger partial charge on any atom is -0.474 e. The third-order valence-corrected chi connectivity index (χ3v) is 2.19. The number of amidine groups is 1. The van der Waals surface area contributed by atoms with E-state index in [1.54, 1.807) is 7.11 Å². The van der Waals surface area contributed by atoms with E-state index in [1.165, 1.54) is 12.4 Å². The smallest absolute Gasteiger partial charge is 0.232 e. The molecule has 0 amide bonds. The Balaban J connectivity index is 2.02. The molecule has 0 fully saturated rings. The number of methoxy groups -OCH3 is 1. The van der Waals surface area contributed by atoms with Crippen molar-refractivity contribution in [1.29, 1.82) is 5.41 Å². The van der Waals surface area contributed by atoms with E-state index in [2.05, 4.69) is 9.97 Å². The zero-order chi connectivity index (χ0) is 14.6. The van der Waals surface area contributed by atoms with Crippen molar-refractivity contribution in [3.63, 3.8) is 0 Å². The maximum Gasteiger partial charge on any atom is 0.232 e. The summed E-state index contributed by atoms with van der Waals surface area (Å²) in [6.07, 6.45) is 2.81. The first-order valence-electron chi connectivity index (χ1n) is 6.17. The van der Waals surface area contributed by atoms with Gasteiger partial charge >= 0.3 is 0 Å². The van der Waals surface area contributed by atoms with Crippen molar-refractivity contribution in [2.24, 2.45) is 5.73 Å². The first-order valence-corrected chi connectivity index (χ1v) is 6.17. The number of aromatic nitrogens is 2. The van der Waals surface area contributed by atoms with Crippen LogP contribution in [0.2, 0.25) is 0 Å². The molecule has 0 saturated carbocycles. The van der Waals surface area contributed by atoms with Gasteiger partial charge in [-0.15, -0.1) is 0 Å². The van der Waals surface area contributed by atoms with Gasteiger partial charge in [-0.3, -0.25) is 5.41 Å². The van der Waals surface area contributed by atoms with E-state index in [9.17, 15) is 0 Å². The number of hydrogen-bond acceptors (Lipinski definition) is 7. The van der Waals surface area contributed by atoms with Gasteiger partial charge in [-0.05, 0) is 0 Å². The number of rotatable bonds is 11. The Labute approximate surface area is 117 Å². The second-order valence-corrected chi connectivity index (χ2v) is 3.72. The zero-order valence-electron chi connectivity index (χ0n) is 11.5. The molecule has 0 aliphatic rings. The highest BCUT2D eigenvalue weighted by atomic mass is 16.6. The average Bonchev–Trinajstić information content (AvgIpc) is 2.46. The van der Waals surface area contributed by atoms with Crippen LogP contribution in [-0.2, 0) is 14.2 Å². The molecule has 1 rings (SSSR count). The maximum atomic E-state index is 7.18. The second-order valence-electron chi connectivity index (χ2n) is 3.72. The molecule has 0 radical (unpaired) electrons. The fraction of sp³-hybridized carbons (Fsp3) is 0.583. The average molecular weight is 284 g/mol. The molecule has 0 aromatic carbocycles.